The van der Waals surface area contributed by atoms with Gasteiger partial charge in [0, 0.05) is 10.5 Å². The predicted octanol–water partition coefficient (Wildman–Crippen LogP) is 4.54. The highest BCUT2D eigenvalue weighted by atomic mass is 79.9. The molecule has 2 heteroatoms. The zero-order valence-corrected chi connectivity index (χ0v) is 12.3. The second kappa shape index (κ2) is 5.83. The van der Waals surface area contributed by atoms with Crippen LogP contribution in [0.2, 0.25) is 0 Å². The summed E-state index contributed by atoms with van der Waals surface area (Å²) in [7, 11) is 0. The van der Waals surface area contributed by atoms with Crippen molar-refractivity contribution in [2.75, 3.05) is 6.54 Å². The molecule has 0 bridgehead atoms. The Morgan fingerprint density at radius 2 is 1.75 bits per heavy atom. The van der Waals surface area contributed by atoms with Crippen LogP contribution in [0.4, 0.5) is 0 Å². The molecule has 0 fully saturated rings. The van der Waals surface area contributed by atoms with Crippen molar-refractivity contribution in [3.8, 4) is 0 Å². The largest absolute Gasteiger partial charge is 0.310 e. The summed E-state index contributed by atoms with van der Waals surface area (Å²) in [4.78, 5) is 0. The van der Waals surface area contributed by atoms with Gasteiger partial charge in [-0.15, -0.1) is 0 Å². The van der Waals surface area contributed by atoms with E-state index < -0.39 is 0 Å². The fourth-order valence-corrected chi connectivity index (χ4v) is 1.80. The van der Waals surface area contributed by atoms with E-state index in [9.17, 15) is 0 Å². The summed E-state index contributed by atoms with van der Waals surface area (Å²) in [6, 6.07) is 8.95. The van der Waals surface area contributed by atoms with E-state index in [4.69, 9.17) is 0 Å². The smallest absolute Gasteiger partial charge is 0.0291 e. The van der Waals surface area contributed by atoms with E-state index in [0.717, 1.165) is 11.0 Å². The highest BCUT2D eigenvalue weighted by Gasteiger charge is 2.10. The van der Waals surface area contributed by atoms with Crippen LogP contribution in [0.25, 0.3) is 0 Å². The van der Waals surface area contributed by atoms with Gasteiger partial charge in [0.1, 0.15) is 0 Å². The number of halogens is 1. The van der Waals surface area contributed by atoms with Crippen molar-refractivity contribution >= 4 is 15.9 Å². The molecular weight excluding hydrogens is 262 g/mol. The minimum atomic E-state index is 0.409. The first-order valence-electron chi connectivity index (χ1n) is 5.87. The van der Waals surface area contributed by atoms with Gasteiger partial charge >= 0.3 is 0 Å². The molecular formula is C14H22BrN. The lowest BCUT2D eigenvalue weighted by atomic mass is 9.92. The monoisotopic (exact) mass is 283 g/mol. The maximum Gasteiger partial charge on any atom is 0.0291 e. The van der Waals surface area contributed by atoms with Gasteiger partial charge in [0.25, 0.3) is 0 Å². The lowest BCUT2D eigenvalue weighted by Crippen LogP contribution is -2.23. The van der Waals surface area contributed by atoms with Crippen LogP contribution in [-0.2, 0) is 0 Å². The normalized spacial score (nSPS) is 13.8. The Balaban J connectivity index is 2.41. The molecule has 1 aromatic rings. The molecule has 1 nitrogen and oxygen atoms in total. The lowest BCUT2D eigenvalue weighted by Gasteiger charge is -2.21. The summed E-state index contributed by atoms with van der Waals surface area (Å²) in [6.07, 6.45) is 1.20. The Morgan fingerprint density at radius 1 is 1.19 bits per heavy atom. The second-order valence-electron chi connectivity index (χ2n) is 5.54. The van der Waals surface area contributed by atoms with Crippen LogP contribution < -0.4 is 5.32 Å². The molecule has 0 saturated carbocycles. The third-order valence-electron chi connectivity index (χ3n) is 2.70. The molecule has 0 amide bonds. The van der Waals surface area contributed by atoms with Crippen LogP contribution in [0, 0.1) is 5.41 Å². The Bertz CT molecular complexity index is 311. The summed E-state index contributed by atoms with van der Waals surface area (Å²) in [5.41, 5.74) is 1.75. The molecule has 90 valence electrons. The van der Waals surface area contributed by atoms with Crippen LogP contribution in [0.3, 0.4) is 0 Å². The van der Waals surface area contributed by atoms with Gasteiger partial charge in [-0.3, -0.25) is 0 Å². The number of benzene rings is 1. The molecule has 1 aromatic carbocycles. The molecule has 0 aromatic heterocycles. The number of nitrogens with one attached hydrogen (secondary N) is 1. The molecule has 1 N–H and O–H groups in total. The van der Waals surface area contributed by atoms with Gasteiger partial charge in [-0.1, -0.05) is 48.8 Å². The van der Waals surface area contributed by atoms with Crippen molar-refractivity contribution in [2.45, 2.75) is 40.2 Å². The molecule has 0 spiro atoms. The zero-order chi connectivity index (χ0) is 12.2. The molecule has 0 aliphatic rings. The Hall–Kier alpha value is -0.340. The summed E-state index contributed by atoms with van der Waals surface area (Å²) in [5.74, 6) is 0. The van der Waals surface area contributed by atoms with E-state index in [1.54, 1.807) is 0 Å². The minimum Gasteiger partial charge on any atom is -0.310 e. The molecule has 0 unspecified atom stereocenters. The molecule has 0 saturated heterocycles. The van der Waals surface area contributed by atoms with Gasteiger partial charge in [0.05, 0.1) is 0 Å². The lowest BCUT2D eigenvalue weighted by molar-refractivity contribution is 0.358. The van der Waals surface area contributed by atoms with Crippen molar-refractivity contribution in [3.05, 3.63) is 34.3 Å². The van der Waals surface area contributed by atoms with E-state index in [1.165, 1.54) is 12.0 Å². The maximum absolute atomic E-state index is 3.56. The number of hydrogen-bond acceptors (Lipinski definition) is 1. The first-order chi connectivity index (χ1) is 7.38. The first-order valence-corrected chi connectivity index (χ1v) is 6.67. The van der Waals surface area contributed by atoms with Crippen molar-refractivity contribution in [2.24, 2.45) is 5.41 Å². The second-order valence-corrected chi connectivity index (χ2v) is 6.45. The van der Waals surface area contributed by atoms with Crippen molar-refractivity contribution < 1.29 is 0 Å². The Kier molecular flexibility index (Phi) is 5.00. The van der Waals surface area contributed by atoms with Crippen molar-refractivity contribution in [1.29, 1.82) is 0 Å². The van der Waals surface area contributed by atoms with E-state index in [2.05, 4.69) is 73.2 Å². The number of rotatable bonds is 4. The minimum absolute atomic E-state index is 0.409. The predicted molar refractivity (Wildman–Crippen MR) is 74.6 cm³/mol. The summed E-state index contributed by atoms with van der Waals surface area (Å²) in [5, 5.41) is 3.56. The van der Waals surface area contributed by atoms with Gasteiger partial charge in [-0.05, 0) is 43.0 Å². The molecule has 16 heavy (non-hydrogen) atoms. The summed E-state index contributed by atoms with van der Waals surface area (Å²) < 4.78 is 1.14. The third-order valence-corrected chi connectivity index (χ3v) is 3.22. The average Bonchev–Trinajstić information content (AvgIpc) is 2.16. The van der Waals surface area contributed by atoms with Gasteiger partial charge in [0.15, 0.2) is 0 Å². The van der Waals surface area contributed by atoms with Gasteiger partial charge in [-0.2, -0.15) is 0 Å². The molecule has 0 aliphatic carbocycles. The van der Waals surface area contributed by atoms with Gasteiger partial charge in [-0.25, -0.2) is 0 Å². The van der Waals surface area contributed by atoms with Crippen LogP contribution in [-0.4, -0.2) is 6.54 Å². The fourth-order valence-electron chi connectivity index (χ4n) is 1.53. The van der Waals surface area contributed by atoms with Gasteiger partial charge in [0.2, 0.25) is 0 Å². The van der Waals surface area contributed by atoms with Crippen LogP contribution in [0.15, 0.2) is 28.7 Å². The van der Waals surface area contributed by atoms with E-state index >= 15 is 0 Å². The van der Waals surface area contributed by atoms with E-state index in [0.29, 0.717) is 11.5 Å². The molecule has 1 atom stereocenters. The molecule has 1 rings (SSSR count). The van der Waals surface area contributed by atoms with Gasteiger partial charge < -0.3 is 5.32 Å². The molecule has 0 heterocycles. The number of hydrogen-bond donors (Lipinski definition) is 1. The zero-order valence-electron chi connectivity index (χ0n) is 10.7. The summed E-state index contributed by atoms with van der Waals surface area (Å²) in [6.45, 7) is 10.1. The van der Waals surface area contributed by atoms with Crippen molar-refractivity contribution in [3.63, 3.8) is 0 Å². The standard InChI is InChI=1S/C14H22BrN/c1-11(16-10-9-14(2,3)4)12-5-7-13(15)8-6-12/h5-8,11,16H,9-10H2,1-4H3/t11-/m1/s1. The average molecular weight is 284 g/mol. The molecule has 0 aliphatic heterocycles. The highest BCUT2D eigenvalue weighted by Crippen LogP contribution is 2.19. The SMILES string of the molecule is C[C@@H](NCCC(C)(C)C)c1ccc(Br)cc1. The first kappa shape index (κ1) is 13.7. The van der Waals surface area contributed by atoms with Crippen LogP contribution in [0.1, 0.15) is 45.7 Å². The Morgan fingerprint density at radius 3 is 2.25 bits per heavy atom. The molecule has 0 radical (unpaired) electrons. The van der Waals surface area contributed by atoms with E-state index in [-0.39, 0.29) is 0 Å². The topological polar surface area (TPSA) is 12.0 Å². The quantitative estimate of drug-likeness (QED) is 0.856. The third kappa shape index (κ3) is 5.13. The Labute approximate surface area is 108 Å². The van der Waals surface area contributed by atoms with E-state index in [1.807, 2.05) is 0 Å². The van der Waals surface area contributed by atoms with Crippen LogP contribution >= 0.6 is 15.9 Å². The van der Waals surface area contributed by atoms with Crippen LogP contribution in [0.5, 0.6) is 0 Å². The summed E-state index contributed by atoms with van der Waals surface area (Å²) >= 11 is 3.45. The maximum atomic E-state index is 3.56. The van der Waals surface area contributed by atoms with Crippen molar-refractivity contribution in [1.82, 2.24) is 5.32 Å². The fraction of sp³-hybridized carbons (Fsp3) is 0.571. The highest BCUT2D eigenvalue weighted by molar-refractivity contribution is 9.10.